The summed E-state index contributed by atoms with van der Waals surface area (Å²) >= 11 is 0. The number of hydrogen-bond donors (Lipinski definition) is 1. The Morgan fingerprint density at radius 1 is 1.67 bits per heavy atom. The van der Waals surface area contributed by atoms with Gasteiger partial charge in [0, 0.05) is 6.61 Å². The summed E-state index contributed by atoms with van der Waals surface area (Å²) in [6, 6.07) is 0. The third-order valence-electron chi connectivity index (χ3n) is 0.955. The van der Waals surface area contributed by atoms with E-state index in [-0.39, 0.29) is 31.0 Å². The molecule has 1 rings (SSSR count). The molecule has 1 fully saturated rings. The van der Waals surface area contributed by atoms with Gasteiger partial charge in [0.15, 0.2) is 0 Å². The van der Waals surface area contributed by atoms with E-state index in [0.717, 1.165) is 0 Å². The van der Waals surface area contributed by atoms with Gasteiger partial charge in [-0.05, 0) is 18.8 Å². The van der Waals surface area contributed by atoms with E-state index in [1.807, 2.05) is 0 Å². The molecule has 0 saturated heterocycles. The zero-order valence-electron chi connectivity index (χ0n) is 5.15. The first-order valence-corrected chi connectivity index (χ1v) is 2.04. The summed E-state index contributed by atoms with van der Waals surface area (Å²) in [4.78, 5) is 0. The third-order valence-corrected chi connectivity index (χ3v) is 0.955. The molecule has 0 heterocycles. The molecule has 0 spiro atoms. The van der Waals surface area contributed by atoms with Crippen molar-refractivity contribution < 1.29 is 36.1 Å². The van der Waals surface area contributed by atoms with Crippen LogP contribution in [0.1, 0.15) is 14.3 Å². The van der Waals surface area contributed by atoms with Crippen molar-refractivity contribution in [1.29, 1.82) is 0 Å². The van der Waals surface area contributed by atoms with E-state index >= 15 is 0 Å². The van der Waals surface area contributed by atoms with Crippen molar-refractivity contribution in [1.82, 2.24) is 0 Å². The van der Waals surface area contributed by atoms with E-state index in [4.69, 9.17) is 5.11 Å². The summed E-state index contributed by atoms with van der Waals surface area (Å²) in [5, 5.41) is 8.21. The minimum absolute atomic E-state index is 0. The average Bonchev–Trinajstić information content (AvgIpc) is 2.12. The maximum Gasteiger partial charge on any atom is 1.00 e. The second-order valence-electron chi connectivity index (χ2n) is 1.63. The number of hydrogen-bond acceptors (Lipinski definition) is 1. The predicted octanol–water partition coefficient (Wildman–Crippen LogP) is -2.49. The molecule has 1 saturated carbocycles. The first kappa shape index (κ1) is 6.96. The number of aliphatic hydroxyl groups excluding tert-OH is 1. The van der Waals surface area contributed by atoms with Gasteiger partial charge in [-0.1, -0.05) is 0 Å². The second-order valence-corrected chi connectivity index (χ2v) is 1.63. The monoisotopic (exact) mass is 96.1 g/mol. The Morgan fingerprint density at radius 2 is 2.17 bits per heavy atom. The largest absolute Gasteiger partial charge is 1.00 e. The number of rotatable bonds is 1. The smallest absolute Gasteiger partial charge is 1.00 e. The van der Waals surface area contributed by atoms with Gasteiger partial charge in [-0.3, -0.25) is 0 Å². The molecule has 0 amide bonds. The molecular weight excluding hydrogens is 87.0 g/mol. The Hall–Kier alpha value is 0.960. The van der Waals surface area contributed by atoms with E-state index in [9.17, 15) is 0 Å². The van der Waals surface area contributed by atoms with Crippen molar-refractivity contribution in [3.05, 3.63) is 0 Å². The molecule has 1 nitrogen and oxygen atoms in total. The first-order chi connectivity index (χ1) is 2.43. The molecule has 2 heteroatoms. The van der Waals surface area contributed by atoms with E-state index in [0.29, 0.717) is 12.5 Å². The van der Waals surface area contributed by atoms with Crippen LogP contribution >= 0.6 is 0 Å². The van der Waals surface area contributed by atoms with Gasteiger partial charge in [0.2, 0.25) is 0 Å². The van der Waals surface area contributed by atoms with E-state index < -0.39 is 0 Å². The van der Waals surface area contributed by atoms with Crippen molar-refractivity contribution in [3.8, 4) is 0 Å². The Balaban J connectivity index is 0. The van der Waals surface area contributed by atoms with Crippen LogP contribution in [0.2, 0.25) is 0 Å². The normalized spacial score (nSPS) is 19.5. The molecule has 32 valence electrons. The predicted molar refractivity (Wildman–Crippen MR) is 20.9 cm³/mol. The van der Waals surface area contributed by atoms with Crippen LogP contribution in [0.4, 0.5) is 0 Å². The topological polar surface area (TPSA) is 20.2 Å². The van der Waals surface area contributed by atoms with Crippen molar-refractivity contribution >= 4 is 0 Å². The van der Waals surface area contributed by atoms with Gasteiger partial charge in [0.25, 0.3) is 0 Å². The van der Waals surface area contributed by atoms with Crippen molar-refractivity contribution in [2.24, 2.45) is 5.92 Å². The van der Waals surface area contributed by atoms with Crippen molar-refractivity contribution in [2.75, 3.05) is 6.61 Å². The molecular formula is C4H9NaO. The van der Waals surface area contributed by atoms with E-state index in [2.05, 4.69) is 0 Å². The van der Waals surface area contributed by atoms with Gasteiger partial charge < -0.3 is 6.53 Å². The molecule has 1 N–H and O–H groups in total. The second kappa shape index (κ2) is 3.03. The van der Waals surface area contributed by atoms with Crippen LogP contribution in [-0.2, 0) is 0 Å². The van der Waals surface area contributed by atoms with Crippen LogP contribution < -0.4 is 29.6 Å². The molecule has 1 aliphatic carbocycles. The molecule has 0 aromatic heterocycles. The van der Waals surface area contributed by atoms with Crippen LogP contribution in [0.3, 0.4) is 0 Å². The van der Waals surface area contributed by atoms with Crippen molar-refractivity contribution in [3.63, 3.8) is 0 Å². The van der Waals surface area contributed by atoms with Crippen LogP contribution in [0.15, 0.2) is 0 Å². The van der Waals surface area contributed by atoms with Crippen LogP contribution in [0.25, 0.3) is 0 Å². The Morgan fingerprint density at radius 3 is 2.17 bits per heavy atom. The van der Waals surface area contributed by atoms with Gasteiger partial charge in [0.05, 0.1) is 0 Å². The fourth-order valence-corrected chi connectivity index (χ4v) is 0.300. The number of aliphatic hydroxyl groups is 1. The maximum atomic E-state index is 8.21. The van der Waals surface area contributed by atoms with Gasteiger partial charge in [-0.2, -0.15) is 0 Å². The molecule has 0 aromatic rings. The molecule has 0 unspecified atom stereocenters. The first-order valence-electron chi connectivity index (χ1n) is 2.04. The fraction of sp³-hybridized carbons (Fsp3) is 1.00. The van der Waals surface area contributed by atoms with Crippen molar-refractivity contribution in [2.45, 2.75) is 12.8 Å². The summed E-state index contributed by atoms with van der Waals surface area (Å²) in [6.45, 7) is 0.417. The summed E-state index contributed by atoms with van der Waals surface area (Å²) in [5.74, 6) is 0.690. The van der Waals surface area contributed by atoms with Gasteiger partial charge in [0.1, 0.15) is 0 Å². The molecule has 0 radical (unpaired) electrons. The summed E-state index contributed by atoms with van der Waals surface area (Å²) in [5.41, 5.74) is 0. The van der Waals surface area contributed by atoms with Gasteiger partial charge in [-0.15, -0.1) is 0 Å². The summed E-state index contributed by atoms with van der Waals surface area (Å²) in [6.07, 6.45) is 2.52. The van der Waals surface area contributed by atoms with E-state index in [1.165, 1.54) is 12.8 Å². The van der Waals surface area contributed by atoms with Crippen LogP contribution in [0.5, 0.6) is 0 Å². The van der Waals surface area contributed by atoms with Gasteiger partial charge >= 0.3 is 29.6 Å². The molecule has 1 aliphatic rings. The molecule has 6 heavy (non-hydrogen) atoms. The molecule has 0 atom stereocenters. The fourth-order valence-electron chi connectivity index (χ4n) is 0.300. The summed E-state index contributed by atoms with van der Waals surface area (Å²) < 4.78 is 0. The minimum atomic E-state index is 0. The van der Waals surface area contributed by atoms with Crippen LogP contribution in [-0.4, -0.2) is 11.7 Å². The van der Waals surface area contributed by atoms with E-state index in [1.54, 1.807) is 0 Å². The zero-order valence-corrected chi connectivity index (χ0v) is 6.15. The Kier molecular flexibility index (Phi) is 3.51. The molecule has 0 aromatic carbocycles. The minimum Gasteiger partial charge on any atom is -1.00 e. The van der Waals surface area contributed by atoms with Gasteiger partial charge in [-0.25, -0.2) is 0 Å². The maximum absolute atomic E-state index is 8.21. The molecule has 0 aliphatic heterocycles. The Labute approximate surface area is 61.5 Å². The SMILES string of the molecule is OCC1CC1.[H-].[Na+]. The Bertz CT molecular complexity index is 38.7. The quantitative estimate of drug-likeness (QED) is 0.358. The standard InChI is InChI=1S/C4H8O.Na.H/c5-3-4-1-2-4;;/h4-5H,1-3H2;;/q;+1;-1. The average molecular weight is 96.1 g/mol. The zero-order chi connectivity index (χ0) is 3.70. The third kappa shape index (κ3) is 2.19. The van der Waals surface area contributed by atoms with Crippen LogP contribution in [0, 0.1) is 5.92 Å². The summed E-state index contributed by atoms with van der Waals surface area (Å²) in [7, 11) is 0. The molecule has 0 bridgehead atoms.